The van der Waals surface area contributed by atoms with E-state index in [1.807, 2.05) is 0 Å². The Bertz CT molecular complexity index is 386. The molecule has 0 atom stereocenters. The van der Waals surface area contributed by atoms with Crippen LogP contribution in [0.2, 0.25) is 0 Å². The Hall–Kier alpha value is -1.59. The number of carbonyl (C=O) groups excluding carboxylic acids is 1. The van der Waals surface area contributed by atoms with Gasteiger partial charge in [0.1, 0.15) is 5.82 Å². The summed E-state index contributed by atoms with van der Waals surface area (Å²) in [7, 11) is 2.93. The van der Waals surface area contributed by atoms with Gasteiger partial charge in [0.15, 0.2) is 0 Å². The number of carbonyl (C=O) groups is 1. The Morgan fingerprint density at radius 2 is 1.93 bits per heavy atom. The zero-order valence-electron chi connectivity index (χ0n) is 7.36. The van der Waals surface area contributed by atoms with E-state index in [0.29, 0.717) is 18.2 Å². The molecule has 6 heteroatoms. The van der Waals surface area contributed by atoms with E-state index >= 15 is 0 Å². The number of hydrogen-bond acceptors (Lipinski definition) is 1. The Kier molecular flexibility index (Phi) is 2.97. The van der Waals surface area contributed by atoms with Crippen LogP contribution in [0.5, 0.6) is 0 Å². The Labute approximate surface area is 82.9 Å². The summed E-state index contributed by atoms with van der Waals surface area (Å²) in [6, 6.07) is 1.67. The van der Waals surface area contributed by atoms with Gasteiger partial charge < -0.3 is 5.32 Å². The fraction of sp³-hybridized carbons (Fsp3) is 0.111. The maximum Gasteiger partial charge on any atom is 0.417 e. The van der Waals surface area contributed by atoms with Gasteiger partial charge in [0.2, 0.25) is 0 Å². The van der Waals surface area contributed by atoms with Crippen LogP contribution in [0.4, 0.5) is 17.6 Å². The standard InChI is InChI=1S/C9H6F4NO/c1-14-8(15)6-4-5(10)2-3-7(6)9(11,12)13/h2-4H,1H2,(H,14,15). The van der Waals surface area contributed by atoms with E-state index in [9.17, 15) is 22.4 Å². The molecule has 81 valence electrons. The van der Waals surface area contributed by atoms with Gasteiger partial charge in [-0.1, -0.05) is 0 Å². The molecule has 1 rings (SSSR count). The maximum atomic E-state index is 12.7. The first-order chi connectivity index (χ1) is 6.86. The third-order valence-corrected chi connectivity index (χ3v) is 1.69. The third-order valence-electron chi connectivity index (χ3n) is 1.69. The summed E-state index contributed by atoms with van der Waals surface area (Å²) in [5, 5.41) is 1.77. The lowest BCUT2D eigenvalue weighted by molar-refractivity contribution is -0.138. The lowest BCUT2D eigenvalue weighted by Crippen LogP contribution is -2.21. The maximum absolute atomic E-state index is 12.7. The van der Waals surface area contributed by atoms with Gasteiger partial charge in [0.05, 0.1) is 11.1 Å². The quantitative estimate of drug-likeness (QED) is 0.723. The van der Waals surface area contributed by atoms with Crippen LogP contribution in [0.1, 0.15) is 15.9 Å². The highest BCUT2D eigenvalue weighted by atomic mass is 19.4. The number of hydrogen-bond donors (Lipinski definition) is 1. The molecule has 0 saturated carbocycles. The number of halogens is 4. The SMILES string of the molecule is [CH2]NC(=O)c1cc(F)ccc1C(F)(F)F. The summed E-state index contributed by atoms with van der Waals surface area (Å²) >= 11 is 0. The van der Waals surface area contributed by atoms with Crippen molar-refractivity contribution in [2.24, 2.45) is 0 Å². The molecule has 1 amide bonds. The van der Waals surface area contributed by atoms with E-state index in [2.05, 4.69) is 7.05 Å². The Morgan fingerprint density at radius 3 is 2.40 bits per heavy atom. The highest BCUT2D eigenvalue weighted by Crippen LogP contribution is 2.32. The van der Waals surface area contributed by atoms with Gasteiger partial charge in [-0.2, -0.15) is 13.2 Å². The van der Waals surface area contributed by atoms with Crippen molar-refractivity contribution in [1.29, 1.82) is 0 Å². The van der Waals surface area contributed by atoms with Crippen molar-refractivity contribution in [1.82, 2.24) is 5.32 Å². The van der Waals surface area contributed by atoms with Crippen molar-refractivity contribution >= 4 is 5.91 Å². The second kappa shape index (κ2) is 3.88. The van der Waals surface area contributed by atoms with Gasteiger partial charge in [-0.3, -0.25) is 4.79 Å². The van der Waals surface area contributed by atoms with E-state index in [4.69, 9.17) is 0 Å². The van der Waals surface area contributed by atoms with Gasteiger partial charge in [0.25, 0.3) is 5.91 Å². The van der Waals surface area contributed by atoms with Gasteiger partial charge in [-0.15, -0.1) is 0 Å². The van der Waals surface area contributed by atoms with Crippen LogP contribution < -0.4 is 5.32 Å². The lowest BCUT2D eigenvalue weighted by atomic mass is 10.1. The van der Waals surface area contributed by atoms with Crippen molar-refractivity contribution in [3.8, 4) is 0 Å². The predicted molar refractivity (Wildman–Crippen MR) is 44.2 cm³/mol. The summed E-state index contributed by atoms with van der Waals surface area (Å²) in [4.78, 5) is 11.0. The minimum atomic E-state index is -4.70. The first kappa shape index (κ1) is 11.5. The topological polar surface area (TPSA) is 29.1 Å². The van der Waals surface area contributed by atoms with E-state index in [1.54, 1.807) is 5.32 Å². The Balaban J connectivity index is 3.33. The number of amides is 1. The number of alkyl halides is 3. The zero-order chi connectivity index (χ0) is 11.6. The van der Waals surface area contributed by atoms with Gasteiger partial charge in [0, 0.05) is 7.05 Å². The summed E-state index contributed by atoms with van der Waals surface area (Å²) in [5.74, 6) is -2.00. The molecule has 0 saturated heterocycles. The fourth-order valence-electron chi connectivity index (χ4n) is 1.05. The molecule has 1 N–H and O–H groups in total. The van der Waals surface area contributed by atoms with Crippen molar-refractivity contribution in [2.75, 3.05) is 0 Å². The molecule has 1 aromatic carbocycles. The number of benzene rings is 1. The van der Waals surface area contributed by atoms with Gasteiger partial charge >= 0.3 is 6.18 Å². The highest BCUT2D eigenvalue weighted by Gasteiger charge is 2.35. The summed E-state index contributed by atoms with van der Waals surface area (Å²) in [6.07, 6.45) is -4.70. The minimum Gasteiger partial charge on any atom is -0.350 e. The molecule has 0 spiro atoms. The van der Waals surface area contributed by atoms with Crippen LogP contribution >= 0.6 is 0 Å². The summed E-state index contributed by atoms with van der Waals surface area (Å²) < 4.78 is 49.7. The highest BCUT2D eigenvalue weighted by molar-refractivity contribution is 5.96. The summed E-state index contributed by atoms with van der Waals surface area (Å²) in [6.45, 7) is 0. The average molecular weight is 220 g/mol. The second-order valence-electron chi connectivity index (χ2n) is 2.69. The van der Waals surface area contributed by atoms with Crippen molar-refractivity contribution < 1.29 is 22.4 Å². The molecule has 0 bridgehead atoms. The van der Waals surface area contributed by atoms with Crippen LogP contribution in [-0.2, 0) is 6.18 Å². The van der Waals surface area contributed by atoms with Gasteiger partial charge in [-0.05, 0) is 18.2 Å². The van der Waals surface area contributed by atoms with E-state index in [1.165, 1.54) is 0 Å². The molecule has 0 aliphatic carbocycles. The van der Waals surface area contributed by atoms with Gasteiger partial charge in [-0.25, -0.2) is 4.39 Å². The molecular weight excluding hydrogens is 214 g/mol. The molecule has 1 radical (unpaired) electrons. The molecule has 0 aliphatic heterocycles. The van der Waals surface area contributed by atoms with Crippen molar-refractivity contribution in [3.05, 3.63) is 42.2 Å². The molecule has 0 heterocycles. The van der Waals surface area contributed by atoms with Crippen LogP contribution in [0.3, 0.4) is 0 Å². The van der Waals surface area contributed by atoms with E-state index < -0.39 is 29.0 Å². The molecule has 0 aliphatic rings. The van der Waals surface area contributed by atoms with Crippen molar-refractivity contribution in [2.45, 2.75) is 6.18 Å². The molecule has 0 aromatic heterocycles. The van der Waals surface area contributed by atoms with Crippen LogP contribution in [-0.4, -0.2) is 5.91 Å². The van der Waals surface area contributed by atoms with Crippen LogP contribution in [0.15, 0.2) is 18.2 Å². The molecule has 0 unspecified atom stereocenters. The third kappa shape index (κ3) is 2.45. The van der Waals surface area contributed by atoms with Crippen molar-refractivity contribution in [3.63, 3.8) is 0 Å². The average Bonchev–Trinajstić information content (AvgIpc) is 2.14. The molecule has 0 fully saturated rings. The fourth-order valence-corrected chi connectivity index (χ4v) is 1.05. The van der Waals surface area contributed by atoms with Crippen LogP contribution in [0.25, 0.3) is 0 Å². The largest absolute Gasteiger partial charge is 0.417 e. The smallest absolute Gasteiger partial charge is 0.350 e. The summed E-state index contributed by atoms with van der Waals surface area (Å²) in [5.41, 5.74) is -1.97. The van der Waals surface area contributed by atoms with E-state index in [0.717, 1.165) is 0 Å². The molecule has 2 nitrogen and oxygen atoms in total. The predicted octanol–water partition coefficient (Wildman–Crippen LogP) is 2.37. The number of rotatable bonds is 1. The zero-order valence-corrected chi connectivity index (χ0v) is 7.36. The molecule has 1 aromatic rings. The lowest BCUT2D eigenvalue weighted by Gasteiger charge is -2.11. The Morgan fingerprint density at radius 1 is 1.33 bits per heavy atom. The van der Waals surface area contributed by atoms with Crippen LogP contribution in [0, 0.1) is 12.9 Å². The number of nitrogens with one attached hydrogen (secondary N) is 1. The molecule has 15 heavy (non-hydrogen) atoms. The van der Waals surface area contributed by atoms with E-state index in [-0.39, 0.29) is 0 Å². The normalized spacial score (nSPS) is 11.3. The first-order valence-corrected chi connectivity index (χ1v) is 3.80. The second-order valence-corrected chi connectivity index (χ2v) is 2.69. The first-order valence-electron chi connectivity index (χ1n) is 3.80. The monoisotopic (exact) mass is 220 g/mol. The minimum absolute atomic E-state index is 0.514. The molecular formula is C9H6F4NO.